The van der Waals surface area contributed by atoms with E-state index >= 15 is 0 Å². The van der Waals surface area contributed by atoms with Crippen molar-refractivity contribution in [1.82, 2.24) is 10.6 Å². The fraction of sp³-hybridized carbons (Fsp3) is 0.448. The Bertz CT molecular complexity index is 1350. The summed E-state index contributed by atoms with van der Waals surface area (Å²) in [5, 5.41) is 9.96. The summed E-state index contributed by atoms with van der Waals surface area (Å²) in [5.41, 5.74) is 4.14. The van der Waals surface area contributed by atoms with Crippen LogP contribution in [0.3, 0.4) is 0 Å². The van der Waals surface area contributed by atoms with E-state index in [1.807, 2.05) is 20.8 Å². The maximum Gasteiger partial charge on any atom is 0.341 e. The second-order valence-electron chi connectivity index (χ2n) is 11.0. The molecule has 0 saturated carbocycles. The molecule has 5 rings (SSSR count). The van der Waals surface area contributed by atoms with Gasteiger partial charge >= 0.3 is 12.0 Å². The van der Waals surface area contributed by atoms with Crippen LogP contribution in [0.1, 0.15) is 83.3 Å². The fourth-order valence-corrected chi connectivity index (χ4v) is 7.95. The van der Waals surface area contributed by atoms with Crippen molar-refractivity contribution in [3.05, 3.63) is 62.1 Å². The average Bonchev–Trinajstić information content (AvgIpc) is 3.41. The second kappa shape index (κ2) is 10.8. The first-order valence-corrected chi connectivity index (χ1v) is 14.8. The quantitative estimate of drug-likeness (QED) is 0.297. The monoisotopic (exact) mass is 555 g/mol. The number of anilines is 1. The number of halogens is 1. The number of esters is 1. The third-order valence-electron chi connectivity index (χ3n) is 6.96. The number of thiophene rings is 2. The van der Waals surface area contributed by atoms with Gasteiger partial charge in [0.25, 0.3) is 0 Å². The molecule has 3 heterocycles. The molecule has 3 aromatic rings. The van der Waals surface area contributed by atoms with E-state index in [0.29, 0.717) is 17.1 Å². The maximum atomic E-state index is 13.6. The van der Waals surface area contributed by atoms with Gasteiger partial charge in [0, 0.05) is 27.7 Å². The van der Waals surface area contributed by atoms with Gasteiger partial charge in [0.05, 0.1) is 5.56 Å². The third-order valence-corrected chi connectivity index (χ3v) is 9.46. The van der Waals surface area contributed by atoms with E-state index in [-0.39, 0.29) is 17.8 Å². The van der Waals surface area contributed by atoms with Crippen LogP contribution in [-0.4, -0.2) is 24.1 Å². The molecular formula is C29H34FN3O3S2. The van der Waals surface area contributed by atoms with Crippen molar-refractivity contribution in [2.75, 3.05) is 11.9 Å². The SMILES string of the molecule is CC1CCCc2sc(NC(=O)NCc3c(-c4ccc(F)cc4)sc4c3CCNC4)c(C(=O)OC(C)(C)C)c21. The molecule has 6 nitrogen and oxygen atoms in total. The van der Waals surface area contributed by atoms with Gasteiger partial charge in [-0.2, -0.15) is 0 Å². The van der Waals surface area contributed by atoms with Crippen molar-refractivity contribution in [2.45, 2.75) is 78.0 Å². The molecule has 0 spiro atoms. The highest BCUT2D eigenvalue weighted by molar-refractivity contribution is 7.17. The van der Waals surface area contributed by atoms with E-state index < -0.39 is 11.6 Å². The lowest BCUT2D eigenvalue weighted by Gasteiger charge is -2.23. The minimum Gasteiger partial charge on any atom is -0.456 e. The smallest absolute Gasteiger partial charge is 0.341 e. The summed E-state index contributed by atoms with van der Waals surface area (Å²) in [4.78, 5) is 29.9. The van der Waals surface area contributed by atoms with E-state index in [1.165, 1.54) is 33.9 Å². The number of hydrogen-bond acceptors (Lipinski definition) is 6. The van der Waals surface area contributed by atoms with Gasteiger partial charge in [0.1, 0.15) is 16.4 Å². The van der Waals surface area contributed by atoms with Gasteiger partial charge in [-0.1, -0.05) is 19.1 Å². The molecule has 3 N–H and O–H groups in total. The van der Waals surface area contributed by atoms with Gasteiger partial charge < -0.3 is 15.4 Å². The van der Waals surface area contributed by atoms with Gasteiger partial charge in [0.15, 0.2) is 0 Å². The molecule has 0 bridgehead atoms. The molecule has 38 heavy (non-hydrogen) atoms. The number of ether oxygens (including phenoxy) is 1. The molecule has 1 aliphatic carbocycles. The van der Waals surface area contributed by atoms with Crippen LogP contribution in [-0.2, 0) is 30.7 Å². The lowest BCUT2D eigenvalue weighted by Crippen LogP contribution is -2.30. The van der Waals surface area contributed by atoms with E-state index in [1.54, 1.807) is 23.5 Å². The number of benzene rings is 1. The Morgan fingerprint density at radius 2 is 1.89 bits per heavy atom. The van der Waals surface area contributed by atoms with Crippen molar-refractivity contribution < 1.29 is 18.7 Å². The largest absolute Gasteiger partial charge is 0.456 e. The van der Waals surface area contributed by atoms with Crippen LogP contribution >= 0.6 is 22.7 Å². The molecule has 0 radical (unpaired) electrons. The van der Waals surface area contributed by atoms with Crippen molar-refractivity contribution in [2.24, 2.45) is 0 Å². The van der Waals surface area contributed by atoms with Crippen LogP contribution in [0, 0.1) is 5.82 Å². The van der Waals surface area contributed by atoms with Gasteiger partial charge in [-0.15, -0.1) is 22.7 Å². The highest BCUT2D eigenvalue weighted by Crippen LogP contribution is 2.44. The summed E-state index contributed by atoms with van der Waals surface area (Å²) in [7, 11) is 0. The number of fused-ring (bicyclic) bond motifs is 2. The predicted molar refractivity (Wildman–Crippen MR) is 152 cm³/mol. The zero-order chi connectivity index (χ0) is 27.0. The average molecular weight is 556 g/mol. The zero-order valence-corrected chi connectivity index (χ0v) is 23.9. The standard InChI is InChI=1S/C29H34FN3O3S2/c1-16-6-5-7-21-23(16)24(27(34)36-29(2,3)4)26(38-21)33-28(35)32-14-20-19-12-13-31-15-22(19)37-25(20)17-8-10-18(30)11-9-17/h8-11,16,31H,5-7,12-15H2,1-4H3,(H2,32,33,35). The predicted octanol–water partition coefficient (Wildman–Crippen LogP) is 6.98. The normalized spacial score (nSPS) is 16.9. The first-order chi connectivity index (χ1) is 18.1. The third kappa shape index (κ3) is 5.65. The second-order valence-corrected chi connectivity index (χ2v) is 13.2. The molecule has 1 aromatic carbocycles. The highest BCUT2D eigenvalue weighted by Gasteiger charge is 2.32. The highest BCUT2D eigenvalue weighted by atomic mass is 32.1. The molecule has 9 heteroatoms. The maximum absolute atomic E-state index is 13.6. The van der Waals surface area contributed by atoms with Crippen molar-refractivity contribution >= 4 is 39.7 Å². The van der Waals surface area contributed by atoms with Crippen LogP contribution in [0.15, 0.2) is 24.3 Å². The van der Waals surface area contributed by atoms with E-state index in [4.69, 9.17) is 4.74 Å². The number of aryl methyl sites for hydroxylation is 1. The number of rotatable bonds is 5. The van der Waals surface area contributed by atoms with Crippen LogP contribution in [0.5, 0.6) is 0 Å². The Hall–Kier alpha value is -2.75. The topological polar surface area (TPSA) is 79.5 Å². The van der Waals surface area contributed by atoms with Crippen LogP contribution in [0.25, 0.3) is 10.4 Å². The van der Waals surface area contributed by atoms with Crippen molar-refractivity contribution in [1.29, 1.82) is 0 Å². The van der Waals surface area contributed by atoms with Gasteiger partial charge in [-0.05, 0) is 93.3 Å². The Kier molecular flexibility index (Phi) is 7.62. The number of carbonyl (C=O) groups excluding carboxylic acids is 2. The van der Waals surface area contributed by atoms with E-state index in [0.717, 1.165) is 65.2 Å². The Morgan fingerprint density at radius 3 is 2.63 bits per heavy atom. The van der Waals surface area contributed by atoms with Gasteiger partial charge in [-0.25, -0.2) is 14.0 Å². The number of carbonyl (C=O) groups is 2. The molecule has 2 amide bonds. The Morgan fingerprint density at radius 1 is 1.13 bits per heavy atom. The van der Waals surface area contributed by atoms with Crippen LogP contribution in [0.4, 0.5) is 14.2 Å². The minimum absolute atomic E-state index is 0.236. The van der Waals surface area contributed by atoms with E-state index in [2.05, 4.69) is 22.9 Å². The molecule has 0 saturated heterocycles. The first-order valence-electron chi connectivity index (χ1n) is 13.1. The van der Waals surface area contributed by atoms with Crippen molar-refractivity contribution in [3.8, 4) is 10.4 Å². The molecule has 2 aromatic heterocycles. The molecule has 1 unspecified atom stereocenters. The molecule has 202 valence electrons. The summed E-state index contributed by atoms with van der Waals surface area (Å²) in [6, 6.07) is 6.14. The molecule has 1 aliphatic heterocycles. The zero-order valence-electron chi connectivity index (χ0n) is 22.3. The number of nitrogens with one attached hydrogen (secondary N) is 3. The first kappa shape index (κ1) is 26.8. The molecule has 1 atom stereocenters. The molecule has 0 fully saturated rings. The van der Waals surface area contributed by atoms with E-state index in [9.17, 15) is 14.0 Å². The van der Waals surface area contributed by atoms with Crippen LogP contribution in [0.2, 0.25) is 0 Å². The van der Waals surface area contributed by atoms with Gasteiger partial charge in [0.2, 0.25) is 0 Å². The number of amides is 2. The number of urea groups is 1. The summed E-state index contributed by atoms with van der Waals surface area (Å²) in [6.45, 7) is 9.69. The summed E-state index contributed by atoms with van der Waals surface area (Å²) < 4.78 is 19.3. The lowest BCUT2D eigenvalue weighted by atomic mass is 9.86. The fourth-order valence-electron chi connectivity index (χ4n) is 5.27. The van der Waals surface area contributed by atoms with Gasteiger partial charge in [-0.3, -0.25) is 5.32 Å². The summed E-state index contributed by atoms with van der Waals surface area (Å²) >= 11 is 3.17. The van der Waals surface area contributed by atoms with Crippen LogP contribution < -0.4 is 16.0 Å². The van der Waals surface area contributed by atoms with Crippen molar-refractivity contribution in [3.63, 3.8) is 0 Å². The lowest BCUT2D eigenvalue weighted by molar-refractivity contribution is 0.00693. The number of hydrogen-bond donors (Lipinski definition) is 3. The Balaban J connectivity index is 1.39. The minimum atomic E-state index is -0.632. The Labute approximate surface area is 231 Å². The molecule has 2 aliphatic rings. The summed E-state index contributed by atoms with van der Waals surface area (Å²) in [6.07, 6.45) is 3.86. The summed E-state index contributed by atoms with van der Waals surface area (Å²) in [5.74, 6) is -0.429. The molecular weight excluding hydrogens is 521 g/mol.